The molecular weight excluding hydrogens is 336 g/mol. The summed E-state index contributed by atoms with van der Waals surface area (Å²) in [7, 11) is 0. The van der Waals surface area contributed by atoms with Crippen LogP contribution in [0.5, 0.6) is 0 Å². The normalized spacial score (nSPS) is 23.8. The predicted octanol–water partition coefficient (Wildman–Crippen LogP) is 4.79. The molecule has 2 bridgehead atoms. The predicted molar refractivity (Wildman–Crippen MR) is 112 cm³/mol. The number of benzene rings is 2. The van der Waals surface area contributed by atoms with Gasteiger partial charge in [-0.1, -0.05) is 67.1 Å². The maximum Gasteiger partial charge on any atom is 0.169 e. The van der Waals surface area contributed by atoms with Gasteiger partial charge in [0.25, 0.3) is 0 Å². The van der Waals surface area contributed by atoms with Crippen LogP contribution in [0.3, 0.4) is 0 Å². The maximum absolute atomic E-state index is 5.86. The fraction of sp³-hybridized carbons (Fsp3) is 0.435. The van der Waals surface area contributed by atoms with Crippen molar-refractivity contribution < 1.29 is 0 Å². The molecule has 2 nitrogen and oxygen atoms in total. The van der Waals surface area contributed by atoms with E-state index in [-0.39, 0.29) is 0 Å². The second-order valence-electron chi connectivity index (χ2n) is 7.87. The third-order valence-electron chi connectivity index (χ3n) is 6.06. The average Bonchev–Trinajstić information content (AvgIpc) is 3.30. The topological polar surface area (TPSA) is 15.3 Å². The summed E-state index contributed by atoms with van der Waals surface area (Å²) in [6, 6.07) is 22.0. The molecule has 0 aromatic heterocycles. The van der Waals surface area contributed by atoms with Crippen LogP contribution in [0.4, 0.5) is 0 Å². The highest BCUT2D eigenvalue weighted by Gasteiger charge is 2.40. The quantitative estimate of drug-likeness (QED) is 0.742. The Labute approximate surface area is 162 Å². The summed E-state index contributed by atoms with van der Waals surface area (Å²) in [6.45, 7) is 1.83. The van der Waals surface area contributed by atoms with Crippen molar-refractivity contribution in [1.82, 2.24) is 10.2 Å². The lowest BCUT2D eigenvalue weighted by atomic mass is 9.95. The molecule has 2 aliphatic carbocycles. The molecule has 26 heavy (non-hydrogen) atoms. The van der Waals surface area contributed by atoms with Gasteiger partial charge in [-0.15, -0.1) is 0 Å². The van der Waals surface area contributed by atoms with Gasteiger partial charge in [0.1, 0.15) is 0 Å². The zero-order valence-electron chi connectivity index (χ0n) is 15.3. The van der Waals surface area contributed by atoms with Gasteiger partial charge in [-0.3, -0.25) is 0 Å². The molecule has 0 aliphatic heterocycles. The van der Waals surface area contributed by atoms with Crippen LogP contribution in [0.25, 0.3) is 0 Å². The lowest BCUT2D eigenvalue weighted by Gasteiger charge is -2.31. The number of nitrogens with zero attached hydrogens (tertiary/aromatic N) is 1. The molecule has 3 heteroatoms. The molecule has 3 atom stereocenters. The van der Waals surface area contributed by atoms with Gasteiger partial charge < -0.3 is 10.2 Å². The van der Waals surface area contributed by atoms with Crippen LogP contribution in [0.2, 0.25) is 0 Å². The number of thiocarbonyl (C=S) groups is 1. The van der Waals surface area contributed by atoms with Gasteiger partial charge in [-0.05, 0) is 60.9 Å². The van der Waals surface area contributed by atoms with E-state index in [1.807, 2.05) is 0 Å². The van der Waals surface area contributed by atoms with E-state index >= 15 is 0 Å². The largest absolute Gasteiger partial charge is 0.360 e. The molecule has 2 saturated carbocycles. The third-order valence-corrected chi connectivity index (χ3v) is 6.44. The molecule has 2 fully saturated rings. The Morgan fingerprint density at radius 2 is 1.62 bits per heavy atom. The summed E-state index contributed by atoms with van der Waals surface area (Å²) in [4.78, 5) is 2.35. The third kappa shape index (κ3) is 4.27. The Balaban J connectivity index is 1.41. The van der Waals surface area contributed by atoms with E-state index < -0.39 is 0 Å². The Morgan fingerprint density at radius 3 is 2.23 bits per heavy atom. The zero-order chi connectivity index (χ0) is 17.8. The standard InChI is InChI=1S/C23H28N2S/c26-23(24-22-16-20-11-12-21(22)15-20)25(17-19-9-5-2-6-10-19)14-13-18-7-3-1-4-8-18/h1-10,20-22H,11-17H2,(H,24,26)/t20-,21-,22+/m0/s1. The lowest BCUT2D eigenvalue weighted by molar-refractivity contribution is 0.356. The smallest absolute Gasteiger partial charge is 0.169 e. The minimum absolute atomic E-state index is 0.594. The Morgan fingerprint density at radius 1 is 0.923 bits per heavy atom. The number of fused-ring (bicyclic) bond motifs is 2. The van der Waals surface area contributed by atoms with Crippen LogP contribution in [-0.4, -0.2) is 22.6 Å². The molecule has 2 aliphatic rings. The molecule has 4 rings (SSSR count). The Hall–Kier alpha value is -1.87. The fourth-order valence-electron chi connectivity index (χ4n) is 4.64. The van der Waals surface area contributed by atoms with Gasteiger partial charge in [-0.2, -0.15) is 0 Å². The van der Waals surface area contributed by atoms with Crippen molar-refractivity contribution in [2.45, 2.75) is 44.7 Å². The van der Waals surface area contributed by atoms with Gasteiger partial charge in [-0.25, -0.2) is 0 Å². The number of nitrogens with one attached hydrogen (secondary N) is 1. The maximum atomic E-state index is 5.86. The van der Waals surface area contributed by atoms with Crippen molar-refractivity contribution in [3.63, 3.8) is 0 Å². The van der Waals surface area contributed by atoms with Crippen molar-refractivity contribution in [3.05, 3.63) is 71.8 Å². The molecule has 136 valence electrons. The molecule has 0 unspecified atom stereocenters. The Bertz CT molecular complexity index is 716. The van der Waals surface area contributed by atoms with E-state index in [0.717, 1.165) is 36.5 Å². The molecule has 0 amide bonds. The Kier molecular flexibility index (Phi) is 5.54. The van der Waals surface area contributed by atoms with E-state index in [4.69, 9.17) is 12.2 Å². The molecule has 0 saturated heterocycles. The lowest BCUT2D eigenvalue weighted by Crippen LogP contribution is -2.46. The first-order chi connectivity index (χ1) is 12.8. The number of rotatable bonds is 6. The van der Waals surface area contributed by atoms with E-state index in [9.17, 15) is 0 Å². The van der Waals surface area contributed by atoms with E-state index in [1.54, 1.807) is 0 Å². The highest BCUT2D eigenvalue weighted by atomic mass is 32.1. The second-order valence-corrected chi connectivity index (χ2v) is 8.26. The highest BCUT2D eigenvalue weighted by Crippen LogP contribution is 2.44. The van der Waals surface area contributed by atoms with Gasteiger partial charge in [0.05, 0.1) is 0 Å². The van der Waals surface area contributed by atoms with Crippen molar-refractivity contribution in [3.8, 4) is 0 Å². The minimum Gasteiger partial charge on any atom is -0.360 e. The zero-order valence-corrected chi connectivity index (χ0v) is 16.1. The summed E-state index contributed by atoms with van der Waals surface area (Å²) >= 11 is 5.86. The van der Waals surface area contributed by atoms with Crippen LogP contribution >= 0.6 is 12.2 Å². The van der Waals surface area contributed by atoms with Crippen LogP contribution in [0.1, 0.15) is 36.8 Å². The van der Waals surface area contributed by atoms with Crippen molar-refractivity contribution in [1.29, 1.82) is 0 Å². The van der Waals surface area contributed by atoms with Crippen molar-refractivity contribution in [2.75, 3.05) is 6.54 Å². The number of hydrogen-bond donors (Lipinski definition) is 1. The van der Waals surface area contributed by atoms with Gasteiger partial charge in [0, 0.05) is 19.1 Å². The fourth-order valence-corrected chi connectivity index (χ4v) is 4.94. The van der Waals surface area contributed by atoms with Gasteiger partial charge in [0.2, 0.25) is 0 Å². The monoisotopic (exact) mass is 364 g/mol. The minimum atomic E-state index is 0.594. The summed E-state index contributed by atoms with van der Waals surface area (Å²) in [5.74, 6) is 1.78. The summed E-state index contributed by atoms with van der Waals surface area (Å²) < 4.78 is 0. The molecule has 2 aromatic rings. The van der Waals surface area contributed by atoms with Crippen molar-refractivity contribution >= 4 is 17.3 Å². The van der Waals surface area contributed by atoms with Crippen molar-refractivity contribution in [2.24, 2.45) is 11.8 Å². The van der Waals surface area contributed by atoms with E-state index in [0.29, 0.717) is 6.04 Å². The molecular formula is C23H28N2S. The van der Waals surface area contributed by atoms with E-state index in [1.165, 1.54) is 36.8 Å². The molecule has 0 heterocycles. The average molecular weight is 365 g/mol. The first-order valence-electron chi connectivity index (χ1n) is 9.91. The van der Waals surface area contributed by atoms with Crippen LogP contribution in [0.15, 0.2) is 60.7 Å². The summed E-state index contributed by atoms with van der Waals surface area (Å²) in [5, 5.41) is 4.66. The first-order valence-corrected chi connectivity index (χ1v) is 10.3. The summed E-state index contributed by atoms with van der Waals surface area (Å²) in [5.41, 5.74) is 2.69. The highest BCUT2D eigenvalue weighted by molar-refractivity contribution is 7.80. The van der Waals surface area contributed by atoms with Crippen LogP contribution in [0, 0.1) is 11.8 Å². The first kappa shape index (κ1) is 17.5. The van der Waals surface area contributed by atoms with Crippen LogP contribution < -0.4 is 5.32 Å². The molecule has 2 aromatic carbocycles. The second kappa shape index (κ2) is 8.22. The van der Waals surface area contributed by atoms with Crippen LogP contribution in [-0.2, 0) is 13.0 Å². The number of hydrogen-bond acceptors (Lipinski definition) is 1. The van der Waals surface area contributed by atoms with E-state index in [2.05, 4.69) is 70.9 Å². The summed E-state index contributed by atoms with van der Waals surface area (Å²) in [6.07, 6.45) is 6.54. The SMILES string of the molecule is S=C(N[C@@H]1C[C@H]2CC[C@H]1C2)N(CCc1ccccc1)Cc1ccccc1. The molecule has 1 N–H and O–H groups in total. The molecule has 0 radical (unpaired) electrons. The van der Waals surface area contributed by atoms with Gasteiger partial charge >= 0.3 is 0 Å². The van der Waals surface area contributed by atoms with Gasteiger partial charge in [0.15, 0.2) is 5.11 Å². The molecule has 0 spiro atoms.